The van der Waals surface area contributed by atoms with E-state index >= 15 is 0 Å². The van der Waals surface area contributed by atoms with Gasteiger partial charge in [-0.1, -0.05) is 18.2 Å². The molecule has 23 heavy (non-hydrogen) atoms. The Morgan fingerprint density at radius 3 is 2.70 bits per heavy atom. The average Bonchev–Trinajstić information content (AvgIpc) is 2.46. The third-order valence-corrected chi connectivity index (χ3v) is 3.00. The number of hydrogen-bond donors (Lipinski definition) is 2. The third kappa shape index (κ3) is 9.62. The van der Waals surface area contributed by atoms with Crippen LogP contribution >= 0.6 is 24.0 Å². The van der Waals surface area contributed by atoms with Gasteiger partial charge in [0.25, 0.3) is 0 Å². The van der Waals surface area contributed by atoms with Crippen molar-refractivity contribution in [1.82, 2.24) is 10.2 Å². The number of nitrogens with zero attached hydrogens (tertiary/aromatic N) is 2. The molecule has 1 rings (SSSR count). The minimum atomic E-state index is 0. The molecule has 0 aliphatic rings. The molecule has 1 atom stereocenters. The fourth-order valence-corrected chi connectivity index (χ4v) is 1.87. The molecule has 0 fully saturated rings. The zero-order chi connectivity index (χ0) is 16.4. The van der Waals surface area contributed by atoms with Crippen LogP contribution in [0.1, 0.15) is 12.5 Å². The van der Waals surface area contributed by atoms with Gasteiger partial charge >= 0.3 is 0 Å². The Balaban J connectivity index is 0.00000484. The van der Waals surface area contributed by atoms with Gasteiger partial charge in [-0.3, -0.25) is 0 Å². The fraction of sp³-hybridized carbons (Fsp3) is 0.562. The Hall–Kier alpha value is -1.06. The van der Waals surface area contributed by atoms with Crippen molar-refractivity contribution in [1.29, 1.82) is 0 Å². The normalized spacial score (nSPS) is 12.7. The maximum absolute atomic E-state index is 5.88. The fourth-order valence-electron chi connectivity index (χ4n) is 1.87. The van der Waals surface area contributed by atoms with Crippen molar-refractivity contribution < 1.29 is 9.47 Å². The number of ether oxygens (including phenoxy) is 2. The topological polar surface area (TPSA) is 72.1 Å². The van der Waals surface area contributed by atoms with Crippen molar-refractivity contribution in [2.75, 3.05) is 41.0 Å². The molecule has 0 aliphatic heterocycles. The Kier molecular flexibility index (Phi) is 11.8. The van der Waals surface area contributed by atoms with E-state index in [1.54, 1.807) is 7.11 Å². The van der Waals surface area contributed by atoms with Crippen molar-refractivity contribution >= 4 is 29.9 Å². The number of para-hydroxylation sites is 1. The number of methoxy groups -OCH3 is 1. The predicted octanol–water partition coefficient (Wildman–Crippen LogP) is 1.68. The number of nitrogens with two attached hydrogens (primary N) is 1. The molecule has 6 nitrogen and oxygen atoms in total. The van der Waals surface area contributed by atoms with E-state index in [-0.39, 0.29) is 30.0 Å². The van der Waals surface area contributed by atoms with Crippen LogP contribution in [0.4, 0.5) is 0 Å². The van der Waals surface area contributed by atoms with Gasteiger partial charge in [-0.2, -0.15) is 0 Å². The maximum Gasteiger partial charge on any atom is 0.189 e. The first-order chi connectivity index (χ1) is 10.5. The second-order valence-electron chi connectivity index (χ2n) is 5.46. The van der Waals surface area contributed by atoms with E-state index < -0.39 is 0 Å². The summed E-state index contributed by atoms with van der Waals surface area (Å²) in [5.41, 5.74) is 6.90. The Bertz CT molecular complexity index is 469. The molecule has 0 amide bonds. The van der Waals surface area contributed by atoms with Gasteiger partial charge in [0, 0.05) is 25.3 Å². The molecule has 0 bridgehead atoms. The van der Waals surface area contributed by atoms with Gasteiger partial charge in [-0.25, -0.2) is 4.99 Å². The minimum Gasteiger partial charge on any atom is -0.492 e. The average molecular weight is 436 g/mol. The van der Waals surface area contributed by atoms with E-state index in [0.717, 1.165) is 17.9 Å². The van der Waals surface area contributed by atoms with Gasteiger partial charge in [-0.05, 0) is 27.1 Å². The molecule has 0 radical (unpaired) electrons. The molecule has 1 unspecified atom stereocenters. The van der Waals surface area contributed by atoms with Crippen LogP contribution in [-0.2, 0) is 11.3 Å². The molecular weight excluding hydrogens is 407 g/mol. The first-order valence-corrected chi connectivity index (χ1v) is 7.43. The van der Waals surface area contributed by atoms with Gasteiger partial charge < -0.3 is 25.4 Å². The van der Waals surface area contributed by atoms with Crippen LogP contribution in [0.25, 0.3) is 0 Å². The molecule has 7 heteroatoms. The van der Waals surface area contributed by atoms with E-state index in [9.17, 15) is 0 Å². The predicted molar refractivity (Wildman–Crippen MR) is 106 cm³/mol. The summed E-state index contributed by atoms with van der Waals surface area (Å²) >= 11 is 0. The number of halogens is 1. The first kappa shape index (κ1) is 21.9. The van der Waals surface area contributed by atoms with Crippen LogP contribution in [0.2, 0.25) is 0 Å². The summed E-state index contributed by atoms with van der Waals surface area (Å²) in [5.74, 6) is 1.26. The number of likely N-dealkylation sites (N-methyl/N-ethyl adjacent to an activating group) is 1. The summed E-state index contributed by atoms with van der Waals surface area (Å²) in [4.78, 5) is 6.44. The number of guanidine groups is 1. The molecule has 3 N–H and O–H groups in total. The Labute approximate surface area is 156 Å². The Morgan fingerprint density at radius 2 is 2.04 bits per heavy atom. The second-order valence-corrected chi connectivity index (χ2v) is 5.46. The molecule has 0 saturated heterocycles. The van der Waals surface area contributed by atoms with Crippen LogP contribution < -0.4 is 15.8 Å². The summed E-state index contributed by atoms with van der Waals surface area (Å²) in [6.45, 7) is 4.57. The van der Waals surface area contributed by atoms with Gasteiger partial charge in [0.1, 0.15) is 12.4 Å². The van der Waals surface area contributed by atoms with Crippen LogP contribution in [0.15, 0.2) is 29.3 Å². The lowest BCUT2D eigenvalue weighted by Gasteiger charge is -2.14. The highest BCUT2D eigenvalue weighted by Gasteiger charge is 2.05. The van der Waals surface area contributed by atoms with Gasteiger partial charge in [0.2, 0.25) is 0 Å². The number of rotatable bonds is 9. The standard InChI is InChI=1S/C16H28N4O2.HI/c1-13(12-21-4)19-16(17)18-11-14-7-5-6-8-15(14)22-10-9-20(2)3;/h5-8,13H,9-12H2,1-4H3,(H3,17,18,19);1H. The summed E-state index contributed by atoms with van der Waals surface area (Å²) in [6.07, 6.45) is 0. The SMILES string of the molecule is COCC(C)NC(N)=NCc1ccccc1OCCN(C)C.I. The summed E-state index contributed by atoms with van der Waals surface area (Å²) in [7, 11) is 5.70. The first-order valence-electron chi connectivity index (χ1n) is 7.43. The highest BCUT2D eigenvalue weighted by molar-refractivity contribution is 14.0. The summed E-state index contributed by atoms with van der Waals surface area (Å²) in [5, 5.41) is 3.08. The zero-order valence-corrected chi connectivity index (χ0v) is 16.7. The van der Waals surface area contributed by atoms with Crippen molar-refractivity contribution in [2.45, 2.75) is 19.5 Å². The van der Waals surface area contributed by atoms with Crippen molar-refractivity contribution in [3.63, 3.8) is 0 Å². The number of hydrogen-bond acceptors (Lipinski definition) is 4. The molecule has 1 aromatic carbocycles. The monoisotopic (exact) mass is 436 g/mol. The van der Waals surface area contributed by atoms with Crippen LogP contribution in [-0.4, -0.2) is 57.9 Å². The second kappa shape index (κ2) is 12.4. The highest BCUT2D eigenvalue weighted by atomic mass is 127. The summed E-state index contributed by atoms with van der Waals surface area (Å²) < 4.78 is 10.9. The molecule has 0 aliphatic carbocycles. The van der Waals surface area contributed by atoms with E-state index in [1.807, 2.05) is 45.3 Å². The van der Waals surface area contributed by atoms with Crippen molar-refractivity contribution in [2.24, 2.45) is 10.7 Å². The van der Waals surface area contributed by atoms with E-state index in [2.05, 4.69) is 15.2 Å². The lowest BCUT2D eigenvalue weighted by Crippen LogP contribution is -2.40. The number of nitrogens with one attached hydrogen (secondary N) is 1. The smallest absolute Gasteiger partial charge is 0.189 e. The lowest BCUT2D eigenvalue weighted by atomic mass is 10.2. The third-order valence-electron chi connectivity index (χ3n) is 3.00. The summed E-state index contributed by atoms with van der Waals surface area (Å²) in [6, 6.07) is 8.01. The van der Waals surface area contributed by atoms with Gasteiger partial charge in [0.05, 0.1) is 13.2 Å². The van der Waals surface area contributed by atoms with Crippen LogP contribution in [0.3, 0.4) is 0 Å². The van der Waals surface area contributed by atoms with Crippen LogP contribution in [0, 0.1) is 0 Å². The van der Waals surface area contributed by atoms with Gasteiger partial charge in [-0.15, -0.1) is 24.0 Å². The van der Waals surface area contributed by atoms with E-state index in [1.165, 1.54) is 0 Å². The molecule has 0 heterocycles. The Morgan fingerprint density at radius 1 is 1.35 bits per heavy atom. The molecular formula is C16H29IN4O2. The van der Waals surface area contributed by atoms with Crippen molar-refractivity contribution in [3.05, 3.63) is 29.8 Å². The molecule has 0 aromatic heterocycles. The van der Waals surface area contributed by atoms with E-state index in [0.29, 0.717) is 25.7 Å². The number of aliphatic imine (C=N–C) groups is 1. The maximum atomic E-state index is 5.88. The van der Waals surface area contributed by atoms with Crippen LogP contribution in [0.5, 0.6) is 5.75 Å². The number of benzene rings is 1. The largest absolute Gasteiger partial charge is 0.492 e. The van der Waals surface area contributed by atoms with Gasteiger partial charge in [0.15, 0.2) is 5.96 Å². The lowest BCUT2D eigenvalue weighted by molar-refractivity contribution is 0.179. The van der Waals surface area contributed by atoms with Crippen molar-refractivity contribution in [3.8, 4) is 5.75 Å². The molecule has 132 valence electrons. The quantitative estimate of drug-likeness (QED) is 0.350. The van der Waals surface area contributed by atoms with E-state index in [4.69, 9.17) is 15.2 Å². The molecule has 0 spiro atoms. The highest BCUT2D eigenvalue weighted by Crippen LogP contribution is 2.18. The zero-order valence-electron chi connectivity index (χ0n) is 14.4. The molecule has 0 saturated carbocycles. The minimum absolute atomic E-state index is 0. The molecule has 1 aromatic rings.